The summed E-state index contributed by atoms with van der Waals surface area (Å²) in [5.74, 6) is -0.0277. The van der Waals surface area contributed by atoms with Crippen LogP contribution in [0.3, 0.4) is 0 Å². The molecule has 2 aliphatic heterocycles. The molecule has 0 bridgehead atoms. The highest BCUT2D eigenvalue weighted by Crippen LogP contribution is 2.22. The molecule has 2 fully saturated rings. The number of rotatable bonds is 4. The number of likely N-dealkylation sites (N-methyl/N-ethyl adjacent to an activating group) is 1. The Morgan fingerprint density at radius 2 is 1.75 bits per heavy atom. The molecule has 1 amide bonds. The van der Waals surface area contributed by atoms with Gasteiger partial charge in [0.1, 0.15) is 0 Å². The lowest BCUT2D eigenvalue weighted by molar-refractivity contribution is 0.0698. The van der Waals surface area contributed by atoms with Crippen LogP contribution in [0.1, 0.15) is 36.0 Å². The molecule has 0 spiro atoms. The van der Waals surface area contributed by atoms with E-state index in [0.717, 1.165) is 32.2 Å². The molecule has 1 aromatic carbocycles. The standard InChI is InChI=1S/C17H25N3O3S/c1-18-15-5-4-10-19(13-15)17(21)14-6-8-16(9-7-14)24(22,23)20-11-2-3-12-20/h6-9,15,18H,2-5,10-13H2,1H3. The summed E-state index contributed by atoms with van der Waals surface area (Å²) < 4.78 is 26.6. The van der Waals surface area contributed by atoms with Crippen molar-refractivity contribution in [2.24, 2.45) is 0 Å². The third-order valence-corrected chi connectivity index (χ3v) is 6.83. The fourth-order valence-electron chi connectivity index (χ4n) is 3.43. The number of carbonyl (C=O) groups is 1. The first kappa shape index (κ1) is 17.4. The lowest BCUT2D eigenvalue weighted by atomic mass is 10.0. The molecule has 1 aromatic rings. The van der Waals surface area contributed by atoms with Crippen LogP contribution in [0.4, 0.5) is 0 Å². The predicted molar refractivity (Wildman–Crippen MR) is 92.4 cm³/mol. The van der Waals surface area contributed by atoms with Gasteiger partial charge in [-0.25, -0.2) is 8.42 Å². The van der Waals surface area contributed by atoms with Crippen molar-refractivity contribution in [3.63, 3.8) is 0 Å². The number of nitrogens with zero attached hydrogens (tertiary/aromatic N) is 2. The van der Waals surface area contributed by atoms with E-state index in [1.54, 1.807) is 24.3 Å². The first-order valence-electron chi connectivity index (χ1n) is 8.59. The molecular formula is C17H25N3O3S. The normalized spacial score (nSPS) is 22.7. The van der Waals surface area contributed by atoms with Gasteiger partial charge in [-0.05, 0) is 57.0 Å². The Balaban J connectivity index is 1.73. The Morgan fingerprint density at radius 1 is 1.08 bits per heavy atom. The summed E-state index contributed by atoms with van der Waals surface area (Å²) in [6.45, 7) is 2.62. The summed E-state index contributed by atoms with van der Waals surface area (Å²) >= 11 is 0. The van der Waals surface area contributed by atoms with Crippen LogP contribution in [0.15, 0.2) is 29.2 Å². The van der Waals surface area contributed by atoms with Gasteiger partial charge in [0.2, 0.25) is 10.0 Å². The molecule has 1 N–H and O–H groups in total. The van der Waals surface area contributed by atoms with E-state index < -0.39 is 10.0 Å². The number of piperidine rings is 1. The molecule has 0 saturated carbocycles. The van der Waals surface area contributed by atoms with Gasteiger partial charge < -0.3 is 10.2 Å². The number of carbonyl (C=O) groups excluding carboxylic acids is 1. The van der Waals surface area contributed by atoms with Crippen molar-refractivity contribution < 1.29 is 13.2 Å². The number of nitrogens with one attached hydrogen (secondary N) is 1. The molecule has 2 saturated heterocycles. The average Bonchev–Trinajstić information content (AvgIpc) is 3.17. The van der Waals surface area contributed by atoms with Crippen LogP contribution >= 0.6 is 0 Å². The summed E-state index contributed by atoms with van der Waals surface area (Å²) in [5, 5.41) is 3.22. The largest absolute Gasteiger partial charge is 0.337 e. The van der Waals surface area contributed by atoms with Crippen LogP contribution in [0, 0.1) is 0 Å². The average molecular weight is 351 g/mol. The third-order valence-electron chi connectivity index (χ3n) is 4.92. The Hall–Kier alpha value is -1.44. The summed E-state index contributed by atoms with van der Waals surface area (Å²) in [6, 6.07) is 6.71. The summed E-state index contributed by atoms with van der Waals surface area (Å²) in [5.41, 5.74) is 0.548. The predicted octanol–water partition coefficient (Wildman–Crippen LogP) is 1.30. The van der Waals surface area contributed by atoms with Crippen LogP contribution in [0.5, 0.6) is 0 Å². The minimum absolute atomic E-state index is 0.0277. The second-order valence-electron chi connectivity index (χ2n) is 6.51. The molecule has 3 rings (SSSR count). The third kappa shape index (κ3) is 3.48. The Kier molecular flexibility index (Phi) is 5.22. The molecule has 2 aliphatic rings. The van der Waals surface area contributed by atoms with Gasteiger partial charge in [0.05, 0.1) is 4.90 Å². The highest BCUT2D eigenvalue weighted by atomic mass is 32.2. The second kappa shape index (κ2) is 7.21. The number of hydrogen-bond donors (Lipinski definition) is 1. The van der Waals surface area contributed by atoms with Crippen LogP contribution in [-0.4, -0.2) is 62.8 Å². The number of benzene rings is 1. The van der Waals surface area contributed by atoms with Crippen molar-refractivity contribution in [2.75, 3.05) is 33.2 Å². The van der Waals surface area contributed by atoms with Gasteiger partial charge in [-0.2, -0.15) is 4.31 Å². The van der Waals surface area contributed by atoms with Gasteiger partial charge in [0, 0.05) is 37.8 Å². The van der Waals surface area contributed by atoms with Crippen molar-refractivity contribution in [2.45, 2.75) is 36.6 Å². The van der Waals surface area contributed by atoms with Crippen molar-refractivity contribution in [1.29, 1.82) is 0 Å². The van der Waals surface area contributed by atoms with E-state index in [1.807, 2.05) is 11.9 Å². The van der Waals surface area contributed by atoms with E-state index in [9.17, 15) is 13.2 Å². The molecule has 24 heavy (non-hydrogen) atoms. The molecular weight excluding hydrogens is 326 g/mol. The van der Waals surface area contributed by atoms with E-state index in [4.69, 9.17) is 0 Å². The van der Waals surface area contributed by atoms with E-state index in [0.29, 0.717) is 31.2 Å². The van der Waals surface area contributed by atoms with Crippen LogP contribution < -0.4 is 5.32 Å². The second-order valence-corrected chi connectivity index (χ2v) is 8.45. The van der Waals surface area contributed by atoms with Gasteiger partial charge in [-0.15, -0.1) is 0 Å². The quantitative estimate of drug-likeness (QED) is 0.888. The van der Waals surface area contributed by atoms with Gasteiger partial charge in [-0.3, -0.25) is 4.79 Å². The van der Waals surface area contributed by atoms with E-state index in [2.05, 4.69) is 5.32 Å². The van der Waals surface area contributed by atoms with Gasteiger partial charge >= 0.3 is 0 Å². The summed E-state index contributed by atoms with van der Waals surface area (Å²) in [7, 11) is -1.51. The lowest BCUT2D eigenvalue weighted by Crippen LogP contribution is -2.46. The highest BCUT2D eigenvalue weighted by Gasteiger charge is 2.28. The molecule has 1 unspecified atom stereocenters. The highest BCUT2D eigenvalue weighted by molar-refractivity contribution is 7.89. The van der Waals surface area contributed by atoms with E-state index in [-0.39, 0.29) is 10.8 Å². The summed E-state index contributed by atoms with van der Waals surface area (Å²) in [6.07, 6.45) is 3.89. The van der Waals surface area contributed by atoms with Crippen LogP contribution in [0.25, 0.3) is 0 Å². The fourth-order valence-corrected chi connectivity index (χ4v) is 4.94. The fraction of sp³-hybridized carbons (Fsp3) is 0.588. The number of hydrogen-bond acceptors (Lipinski definition) is 4. The van der Waals surface area contributed by atoms with Crippen molar-refractivity contribution >= 4 is 15.9 Å². The SMILES string of the molecule is CNC1CCCN(C(=O)c2ccc(S(=O)(=O)N3CCCC3)cc2)C1. The topological polar surface area (TPSA) is 69.7 Å². The first-order chi connectivity index (χ1) is 11.5. The first-order valence-corrected chi connectivity index (χ1v) is 10.0. The minimum Gasteiger partial charge on any atom is -0.337 e. The Labute approximate surface area is 143 Å². The Morgan fingerprint density at radius 3 is 2.38 bits per heavy atom. The van der Waals surface area contributed by atoms with E-state index in [1.165, 1.54) is 4.31 Å². The number of sulfonamides is 1. The van der Waals surface area contributed by atoms with Crippen LogP contribution in [0.2, 0.25) is 0 Å². The molecule has 0 radical (unpaired) electrons. The monoisotopic (exact) mass is 351 g/mol. The van der Waals surface area contributed by atoms with Gasteiger partial charge in [0.25, 0.3) is 5.91 Å². The smallest absolute Gasteiger partial charge is 0.253 e. The molecule has 2 heterocycles. The maximum Gasteiger partial charge on any atom is 0.253 e. The van der Waals surface area contributed by atoms with Gasteiger partial charge in [-0.1, -0.05) is 0 Å². The zero-order valence-corrected chi connectivity index (χ0v) is 14.9. The van der Waals surface area contributed by atoms with Gasteiger partial charge in [0.15, 0.2) is 0 Å². The van der Waals surface area contributed by atoms with Crippen LogP contribution in [-0.2, 0) is 10.0 Å². The van der Waals surface area contributed by atoms with Crippen molar-refractivity contribution in [1.82, 2.24) is 14.5 Å². The zero-order chi connectivity index (χ0) is 17.2. The summed E-state index contributed by atoms with van der Waals surface area (Å²) in [4.78, 5) is 14.7. The zero-order valence-electron chi connectivity index (χ0n) is 14.1. The maximum atomic E-state index is 12.6. The molecule has 0 aromatic heterocycles. The molecule has 0 aliphatic carbocycles. The van der Waals surface area contributed by atoms with E-state index >= 15 is 0 Å². The minimum atomic E-state index is -3.42. The molecule has 1 atom stereocenters. The van der Waals surface area contributed by atoms with Crippen molar-refractivity contribution in [3.05, 3.63) is 29.8 Å². The number of amides is 1. The molecule has 6 nitrogen and oxygen atoms in total. The Bertz CT molecular complexity index is 682. The maximum absolute atomic E-state index is 12.6. The molecule has 132 valence electrons. The molecule has 7 heteroatoms. The lowest BCUT2D eigenvalue weighted by Gasteiger charge is -2.32. The van der Waals surface area contributed by atoms with Crippen molar-refractivity contribution in [3.8, 4) is 0 Å². The number of likely N-dealkylation sites (tertiary alicyclic amines) is 1.